The van der Waals surface area contributed by atoms with Crippen molar-refractivity contribution in [2.24, 2.45) is 16.7 Å². The van der Waals surface area contributed by atoms with Gasteiger partial charge in [-0.05, 0) is 94.7 Å². The Hall–Kier alpha value is -1.63. The summed E-state index contributed by atoms with van der Waals surface area (Å²) in [7, 11) is 0. The molecule has 7 heteroatoms. The molecule has 6 nitrogen and oxygen atoms in total. The summed E-state index contributed by atoms with van der Waals surface area (Å²) in [5.41, 5.74) is 1.89. The Kier molecular flexibility index (Phi) is 9.82. The van der Waals surface area contributed by atoms with E-state index >= 15 is 0 Å². The van der Waals surface area contributed by atoms with Crippen molar-refractivity contribution in [2.75, 3.05) is 19.6 Å². The van der Waals surface area contributed by atoms with Crippen molar-refractivity contribution in [3.63, 3.8) is 0 Å². The highest BCUT2D eigenvalue weighted by Crippen LogP contribution is 2.50. The molecule has 0 radical (unpaired) electrons. The van der Waals surface area contributed by atoms with E-state index in [1.165, 1.54) is 5.56 Å². The van der Waals surface area contributed by atoms with Gasteiger partial charge in [0.25, 0.3) is 0 Å². The predicted octanol–water partition coefficient (Wildman–Crippen LogP) is 6.74. The second kappa shape index (κ2) is 12.4. The van der Waals surface area contributed by atoms with Crippen molar-refractivity contribution in [3.05, 3.63) is 34.3 Å². The fourth-order valence-electron chi connectivity index (χ4n) is 7.50. The van der Waals surface area contributed by atoms with Crippen LogP contribution >= 0.6 is 11.6 Å². The molecule has 2 saturated heterocycles. The molecular weight excluding hydrogens is 546 g/mol. The van der Waals surface area contributed by atoms with E-state index in [2.05, 4.69) is 61.9 Å². The van der Waals surface area contributed by atoms with Gasteiger partial charge in [0.1, 0.15) is 0 Å². The lowest BCUT2D eigenvalue weighted by atomic mass is 9.64. The fourth-order valence-corrected chi connectivity index (χ4v) is 7.75. The van der Waals surface area contributed by atoms with Crippen LogP contribution in [0, 0.1) is 16.7 Å². The third-order valence-electron chi connectivity index (χ3n) is 10.3. The summed E-state index contributed by atoms with van der Waals surface area (Å²) in [6.07, 6.45) is 5.02. The molecule has 6 atom stereocenters. The molecule has 1 aromatic carbocycles. The van der Waals surface area contributed by atoms with Gasteiger partial charge in [-0.2, -0.15) is 0 Å². The number of hydrogen-bond acceptors (Lipinski definition) is 4. The number of aliphatic hydroxyl groups excluding tert-OH is 1. The van der Waals surface area contributed by atoms with Gasteiger partial charge in [-0.15, -0.1) is 0 Å². The first-order chi connectivity index (χ1) is 19.4. The maximum Gasteiger partial charge on any atom is 0.227 e. The number of halogens is 1. The molecule has 2 aliphatic heterocycles. The second-order valence-corrected chi connectivity index (χ2v) is 16.6. The van der Waals surface area contributed by atoms with Crippen molar-refractivity contribution in [2.45, 2.75) is 136 Å². The van der Waals surface area contributed by atoms with Crippen LogP contribution in [0.15, 0.2) is 18.2 Å². The molecular formula is C35H56ClN3O3. The van der Waals surface area contributed by atoms with Gasteiger partial charge in [-0.25, -0.2) is 0 Å². The summed E-state index contributed by atoms with van der Waals surface area (Å²) in [6, 6.07) is 6.69. The normalized spacial score (nSPS) is 29.5. The lowest BCUT2D eigenvalue weighted by Crippen LogP contribution is -2.46. The number of benzene rings is 1. The average molecular weight is 602 g/mol. The standard InChI is InChI=1S/C35H56ClN3O3/c1-22(40)17-25-11-10-16-39(25)31(41)28-21-38(34(5,6)7)20-27(28)23-12-13-30(36)26(18-23)29-19-24(14-15-35(29,8)9)37-32(42)33(2,3)4/h12-13,18,22,24-25,27-29,40H,10-11,14-17,19-21H2,1-9H3,(H,37,42)/t22?,24?,25?,27-,28?,29?/m0/s1. The van der Waals surface area contributed by atoms with Crippen LogP contribution in [-0.2, 0) is 9.59 Å². The summed E-state index contributed by atoms with van der Waals surface area (Å²) in [6.45, 7) is 21.4. The Morgan fingerprint density at radius 1 is 1.12 bits per heavy atom. The maximum absolute atomic E-state index is 14.2. The van der Waals surface area contributed by atoms with Crippen LogP contribution in [0.2, 0.25) is 5.02 Å². The molecule has 4 rings (SSSR count). The monoisotopic (exact) mass is 601 g/mol. The number of carbonyl (C=O) groups excluding carboxylic acids is 2. The molecule has 2 N–H and O–H groups in total. The van der Waals surface area contributed by atoms with Crippen molar-refractivity contribution >= 4 is 23.4 Å². The highest BCUT2D eigenvalue weighted by Gasteiger charge is 2.46. The molecule has 2 amide bonds. The van der Waals surface area contributed by atoms with E-state index in [9.17, 15) is 14.7 Å². The zero-order valence-corrected chi connectivity index (χ0v) is 28.4. The van der Waals surface area contributed by atoms with Crippen LogP contribution in [0.4, 0.5) is 0 Å². The third-order valence-corrected chi connectivity index (χ3v) is 10.6. The number of nitrogens with zero attached hydrogens (tertiary/aromatic N) is 2. The second-order valence-electron chi connectivity index (χ2n) is 16.2. The lowest BCUT2D eigenvalue weighted by molar-refractivity contribution is -0.137. The van der Waals surface area contributed by atoms with E-state index in [1.807, 2.05) is 33.8 Å². The van der Waals surface area contributed by atoms with Gasteiger partial charge in [0.05, 0.1) is 12.0 Å². The zero-order valence-electron chi connectivity index (χ0n) is 27.6. The molecule has 5 unspecified atom stereocenters. The number of carbonyl (C=O) groups is 2. The molecule has 0 spiro atoms. The SMILES string of the molecule is CC(O)CC1CCCN1C(=O)C1CN(C(C)(C)C)C[C@H]1c1ccc(Cl)c(C2CC(NC(=O)C(C)(C)C)CCC2(C)C)c1. The topological polar surface area (TPSA) is 72.9 Å². The highest BCUT2D eigenvalue weighted by molar-refractivity contribution is 6.31. The Morgan fingerprint density at radius 3 is 2.43 bits per heavy atom. The first kappa shape index (κ1) is 33.3. The Balaban J connectivity index is 1.65. The lowest BCUT2D eigenvalue weighted by Gasteiger charge is -2.43. The number of aliphatic hydroxyl groups is 1. The number of hydrogen-bond donors (Lipinski definition) is 2. The van der Waals surface area contributed by atoms with E-state index in [0.717, 1.165) is 62.3 Å². The minimum atomic E-state index is -0.424. The first-order valence-electron chi connectivity index (χ1n) is 16.2. The van der Waals surface area contributed by atoms with Gasteiger partial charge >= 0.3 is 0 Å². The smallest absolute Gasteiger partial charge is 0.227 e. The highest BCUT2D eigenvalue weighted by atomic mass is 35.5. The minimum Gasteiger partial charge on any atom is -0.393 e. The van der Waals surface area contributed by atoms with E-state index in [0.29, 0.717) is 6.42 Å². The van der Waals surface area contributed by atoms with Gasteiger partial charge in [-0.3, -0.25) is 14.5 Å². The molecule has 3 aliphatic rings. The van der Waals surface area contributed by atoms with Crippen molar-refractivity contribution < 1.29 is 14.7 Å². The Bertz CT molecular complexity index is 1140. The Morgan fingerprint density at radius 2 is 1.81 bits per heavy atom. The largest absolute Gasteiger partial charge is 0.393 e. The quantitative estimate of drug-likeness (QED) is 0.379. The fraction of sp³-hybridized carbons (Fsp3) is 0.771. The number of likely N-dealkylation sites (tertiary alicyclic amines) is 2. The van der Waals surface area contributed by atoms with Gasteiger partial charge < -0.3 is 15.3 Å². The van der Waals surface area contributed by atoms with Crippen molar-refractivity contribution in [1.82, 2.24) is 15.1 Å². The molecule has 3 fully saturated rings. The molecule has 42 heavy (non-hydrogen) atoms. The van der Waals surface area contributed by atoms with E-state index in [4.69, 9.17) is 11.6 Å². The van der Waals surface area contributed by atoms with Gasteiger partial charge in [-0.1, -0.05) is 58.4 Å². The van der Waals surface area contributed by atoms with Crippen molar-refractivity contribution in [1.29, 1.82) is 0 Å². The van der Waals surface area contributed by atoms with E-state index in [-0.39, 0.29) is 52.6 Å². The van der Waals surface area contributed by atoms with Crippen LogP contribution < -0.4 is 5.32 Å². The van der Waals surface area contributed by atoms with Crippen LogP contribution in [-0.4, -0.2) is 70.1 Å². The molecule has 0 bridgehead atoms. The van der Waals surface area contributed by atoms with Crippen molar-refractivity contribution in [3.8, 4) is 0 Å². The van der Waals surface area contributed by atoms with Crippen LogP contribution in [0.25, 0.3) is 0 Å². The van der Waals surface area contributed by atoms with Crippen LogP contribution in [0.3, 0.4) is 0 Å². The maximum atomic E-state index is 14.2. The summed E-state index contributed by atoms with van der Waals surface area (Å²) in [5.74, 6) is 0.465. The molecule has 0 aromatic heterocycles. The minimum absolute atomic E-state index is 0.0390. The van der Waals surface area contributed by atoms with Gasteiger partial charge in [0.2, 0.25) is 11.8 Å². The molecule has 1 aliphatic carbocycles. The predicted molar refractivity (Wildman–Crippen MR) is 172 cm³/mol. The molecule has 2 heterocycles. The summed E-state index contributed by atoms with van der Waals surface area (Å²) < 4.78 is 0. The molecule has 1 aromatic rings. The summed E-state index contributed by atoms with van der Waals surface area (Å²) in [5, 5.41) is 14.2. The zero-order chi connectivity index (χ0) is 31.2. The average Bonchev–Trinajstić information content (AvgIpc) is 3.52. The molecule has 236 valence electrons. The summed E-state index contributed by atoms with van der Waals surface area (Å²) >= 11 is 6.96. The van der Waals surface area contributed by atoms with E-state index < -0.39 is 11.5 Å². The third kappa shape index (κ3) is 7.35. The van der Waals surface area contributed by atoms with Crippen LogP contribution in [0.1, 0.15) is 124 Å². The number of nitrogens with one attached hydrogen (secondary N) is 1. The number of rotatable bonds is 6. The first-order valence-corrected chi connectivity index (χ1v) is 16.6. The van der Waals surface area contributed by atoms with E-state index in [1.54, 1.807) is 0 Å². The summed E-state index contributed by atoms with van der Waals surface area (Å²) in [4.78, 5) is 31.6. The van der Waals surface area contributed by atoms with Gasteiger partial charge in [0, 0.05) is 53.6 Å². The number of amides is 2. The van der Waals surface area contributed by atoms with Crippen LogP contribution in [0.5, 0.6) is 0 Å². The Labute approximate surface area is 259 Å². The molecule has 1 saturated carbocycles. The van der Waals surface area contributed by atoms with Gasteiger partial charge in [0.15, 0.2) is 0 Å².